The van der Waals surface area contributed by atoms with Crippen LogP contribution in [0, 0.1) is 11.8 Å². The summed E-state index contributed by atoms with van der Waals surface area (Å²) < 4.78 is 1.73. The first-order valence-corrected chi connectivity index (χ1v) is 20.8. The van der Waals surface area contributed by atoms with E-state index >= 15 is 0 Å². The SMILES string of the molecule is O=C(/C=C/c1ccc(Sc2ccc(/C=C/C(=O)N3CCCC(CO)C3)c(-c3ccccc3Br)c2Cl)c(Cl)c1-c1ccccc1Br)N1CCCC(CO)C1. The van der Waals surface area contributed by atoms with E-state index < -0.39 is 0 Å². The molecule has 0 aliphatic carbocycles. The lowest BCUT2D eigenvalue weighted by Gasteiger charge is -2.31. The van der Waals surface area contributed by atoms with Gasteiger partial charge in [-0.15, -0.1) is 0 Å². The third kappa shape index (κ3) is 9.50. The van der Waals surface area contributed by atoms with Gasteiger partial charge < -0.3 is 20.0 Å². The highest BCUT2D eigenvalue weighted by atomic mass is 79.9. The molecule has 2 aliphatic heterocycles. The summed E-state index contributed by atoms with van der Waals surface area (Å²) >= 11 is 23.5. The maximum Gasteiger partial charge on any atom is 0.246 e. The molecule has 0 aromatic heterocycles. The summed E-state index contributed by atoms with van der Waals surface area (Å²) in [7, 11) is 0. The minimum Gasteiger partial charge on any atom is -0.396 e. The molecule has 2 heterocycles. The van der Waals surface area contributed by atoms with Crippen LogP contribution in [0.1, 0.15) is 36.8 Å². The van der Waals surface area contributed by atoms with Gasteiger partial charge in [0.2, 0.25) is 11.8 Å². The Morgan fingerprint density at radius 3 is 1.49 bits per heavy atom. The van der Waals surface area contributed by atoms with Crippen molar-refractivity contribution in [1.82, 2.24) is 9.80 Å². The van der Waals surface area contributed by atoms with E-state index in [0.717, 1.165) is 77.8 Å². The van der Waals surface area contributed by atoms with E-state index in [1.54, 1.807) is 22.0 Å². The van der Waals surface area contributed by atoms with E-state index in [-0.39, 0.29) is 36.9 Å². The van der Waals surface area contributed by atoms with Crippen LogP contribution >= 0.6 is 66.8 Å². The fraction of sp³-hybridized carbons (Fsp3) is 0.286. The van der Waals surface area contributed by atoms with E-state index in [1.807, 2.05) is 84.9 Å². The molecule has 2 fully saturated rings. The molecular formula is C42H40Br2Cl2N2O4S. The number of amides is 2. The number of likely N-dealkylation sites (tertiary alicyclic amines) is 2. The standard InChI is InChI=1S/C42H40Br2Cl2N2O4S/c43-33-11-3-1-9-31(33)39-29(15-19-37(51)47-21-5-7-27(23-47)25-49)13-17-35(41(39)45)53-36-18-14-30(40(42(36)46)32-10-2-4-12-34(32)44)16-20-38(52)48-22-6-8-28(24-48)26-50/h1-4,9-20,27-28,49-50H,5-8,21-26H2/b19-15+,20-16+. The zero-order valence-corrected chi connectivity index (χ0v) is 34.5. The van der Waals surface area contributed by atoms with Crippen molar-refractivity contribution in [3.63, 3.8) is 0 Å². The van der Waals surface area contributed by atoms with E-state index in [4.69, 9.17) is 23.2 Å². The fourth-order valence-electron chi connectivity index (χ4n) is 6.93. The van der Waals surface area contributed by atoms with E-state index in [1.165, 1.54) is 11.8 Å². The number of aliphatic hydroxyl groups is 2. The van der Waals surface area contributed by atoms with Crippen LogP contribution in [0.2, 0.25) is 10.0 Å². The Kier molecular flexibility index (Phi) is 14.0. The molecule has 0 radical (unpaired) electrons. The van der Waals surface area contributed by atoms with Gasteiger partial charge in [-0.25, -0.2) is 0 Å². The molecule has 11 heteroatoms. The Balaban J connectivity index is 1.35. The lowest BCUT2D eigenvalue weighted by atomic mass is 9.98. The summed E-state index contributed by atoms with van der Waals surface area (Å²) in [6.45, 7) is 2.58. The van der Waals surface area contributed by atoms with Crippen LogP contribution in [0.25, 0.3) is 34.4 Å². The number of aliphatic hydroxyl groups excluding tert-OH is 2. The highest BCUT2D eigenvalue weighted by Crippen LogP contribution is 2.48. The molecule has 6 rings (SSSR count). The van der Waals surface area contributed by atoms with Gasteiger partial charge in [0.1, 0.15) is 0 Å². The molecule has 0 bridgehead atoms. The van der Waals surface area contributed by atoms with E-state index in [0.29, 0.717) is 36.2 Å². The van der Waals surface area contributed by atoms with Crippen molar-refractivity contribution in [1.29, 1.82) is 0 Å². The number of halogens is 4. The molecule has 0 spiro atoms. The zero-order chi connectivity index (χ0) is 37.5. The molecule has 53 heavy (non-hydrogen) atoms. The maximum absolute atomic E-state index is 13.2. The fourth-order valence-corrected chi connectivity index (χ4v) is 9.57. The van der Waals surface area contributed by atoms with Gasteiger partial charge in [-0.2, -0.15) is 0 Å². The van der Waals surface area contributed by atoms with Crippen LogP contribution in [0.15, 0.2) is 104 Å². The van der Waals surface area contributed by atoms with Crippen LogP contribution in [-0.2, 0) is 9.59 Å². The van der Waals surface area contributed by atoms with Gasteiger partial charge in [-0.1, -0.05) is 115 Å². The van der Waals surface area contributed by atoms with Crippen LogP contribution < -0.4 is 0 Å². The van der Waals surface area contributed by atoms with Crippen molar-refractivity contribution in [3.8, 4) is 22.3 Å². The predicted molar refractivity (Wildman–Crippen MR) is 224 cm³/mol. The molecule has 6 nitrogen and oxygen atoms in total. The Morgan fingerprint density at radius 2 is 1.09 bits per heavy atom. The molecule has 2 aliphatic rings. The van der Waals surface area contributed by atoms with Gasteiger partial charge in [-0.3, -0.25) is 9.59 Å². The Hall–Kier alpha value is -2.89. The molecule has 2 unspecified atom stereocenters. The molecule has 4 aromatic carbocycles. The number of rotatable bonds is 10. The number of benzene rings is 4. The van der Waals surface area contributed by atoms with Crippen molar-refractivity contribution < 1.29 is 19.8 Å². The molecule has 2 N–H and O–H groups in total. The van der Waals surface area contributed by atoms with Gasteiger partial charge in [0, 0.05) is 81.4 Å². The number of hydrogen-bond acceptors (Lipinski definition) is 5. The monoisotopic (exact) mass is 896 g/mol. The summed E-state index contributed by atoms with van der Waals surface area (Å²) in [5, 5.41) is 20.4. The first-order chi connectivity index (χ1) is 25.7. The van der Waals surface area contributed by atoms with Gasteiger partial charge >= 0.3 is 0 Å². The Labute approximate surface area is 342 Å². The van der Waals surface area contributed by atoms with Gasteiger partial charge in [0.05, 0.1) is 10.0 Å². The first-order valence-electron chi connectivity index (χ1n) is 17.7. The third-order valence-corrected chi connectivity index (χ3v) is 13.3. The van der Waals surface area contributed by atoms with Gasteiger partial charge in [0.15, 0.2) is 0 Å². The Bertz CT molecular complexity index is 1900. The summed E-state index contributed by atoms with van der Waals surface area (Å²) in [5.74, 6) is 0.0166. The van der Waals surface area contributed by atoms with Gasteiger partial charge in [-0.05, 0) is 96.2 Å². The topological polar surface area (TPSA) is 81.1 Å². The van der Waals surface area contributed by atoms with Crippen LogP contribution in [0.4, 0.5) is 0 Å². The molecule has 2 atom stereocenters. The number of carbonyl (C=O) groups is 2. The Morgan fingerprint density at radius 1 is 0.679 bits per heavy atom. The van der Waals surface area contributed by atoms with Crippen LogP contribution in [0.3, 0.4) is 0 Å². The van der Waals surface area contributed by atoms with Gasteiger partial charge in [0.25, 0.3) is 0 Å². The molecule has 2 amide bonds. The second-order valence-electron chi connectivity index (χ2n) is 13.4. The zero-order valence-electron chi connectivity index (χ0n) is 29.0. The molecule has 276 valence electrons. The van der Waals surface area contributed by atoms with E-state index in [2.05, 4.69) is 31.9 Å². The predicted octanol–water partition coefficient (Wildman–Crippen LogP) is 10.5. The highest BCUT2D eigenvalue weighted by molar-refractivity contribution is 9.11. The molecule has 2 saturated heterocycles. The van der Waals surface area contributed by atoms with E-state index in [9.17, 15) is 19.8 Å². The maximum atomic E-state index is 13.2. The average molecular weight is 900 g/mol. The third-order valence-electron chi connectivity index (χ3n) is 9.77. The second-order valence-corrected chi connectivity index (χ2v) is 16.9. The summed E-state index contributed by atoms with van der Waals surface area (Å²) in [6, 6.07) is 23.5. The quantitative estimate of drug-likeness (QED) is 0.155. The number of nitrogens with zero attached hydrogens (tertiary/aromatic N) is 2. The summed E-state index contributed by atoms with van der Waals surface area (Å²) in [6.07, 6.45) is 10.4. The number of piperidine rings is 2. The van der Waals surface area contributed by atoms with Crippen molar-refractivity contribution in [2.24, 2.45) is 11.8 Å². The molecule has 4 aromatic rings. The normalized spacial score (nSPS) is 17.9. The minimum absolute atomic E-state index is 0.0762. The number of hydrogen-bond donors (Lipinski definition) is 2. The second kappa shape index (κ2) is 18.6. The summed E-state index contributed by atoms with van der Waals surface area (Å²) in [5.41, 5.74) is 4.91. The lowest BCUT2D eigenvalue weighted by molar-refractivity contribution is -0.128. The molecule has 0 saturated carbocycles. The van der Waals surface area contributed by atoms with Crippen molar-refractivity contribution in [3.05, 3.63) is 115 Å². The molecular weight excluding hydrogens is 859 g/mol. The van der Waals surface area contributed by atoms with Crippen LogP contribution in [0.5, 0.6) is 0 Å². The minimum atomic E-state index is -0.0942. The average Bonchev–Trinajstić information content (AvgIpc) is 3.18. The largest absolute Gasteiger partial charge is 0.396 e. The van der Waals surface area contributed by atoms with Crippen molar-refractivity contribution in [2.75, 3.05) is 39.4 Å². The van der Waals surface area contributed by atoms with Crippen molar-refractivity contribution >= 4 is 90.8 Å². The lowest BCUT2D eigenvalue weighted by Crippen LogP contribution is -2.40. The van der Waals surface area contributed by atoms with Crippen LogP contribution in [-0.4, -0.2) is 71.2 Å². The smallest absolute Gasteiger partial charge is 0.246 e. The number of carbonyl (C=O) groups excluding carboxylic acids is 2. The van der Waals surface area contributed by atoms with Crippen molar-refractivity contribution in [2.45, 2.75) is 35.5 Å². The first kappa shape index (κ1) is 39.8. The highest BCUT2D eigenvalue weighted by Gasteiger charge is 2.24. The summed E-state index contributed by atoms with van der Waals surface area (Å²) in [4.78, 5) is 31.6.